The van der Waals surface area contributed by atoms with Crippen LogP contribution in [0, 0.1) is 0 Å². The molecule has 2 aromatic rings. The average Bonchev–Trinajstić information content (AvgIpc) is 2.57. The largest absolute Gasteiger partial charge is 0.506 e. The maximum atomic E-state index is 11.5. The first-order chi connectivity index (χ1) is 7.24. The van der Waals surface area contributed by atoms with Crippen LogP contribution in [0.4, 0.5) is 0 Å². The second-order valence-corrected chi connectivity index (χ2v) is 3.99. The molecule has 15 heavy (non-hydrogen) atoms. The number of rotatable bonds is 2. The molecule has 0 fully saturated rings. The molecule has 0 atom stereocenters. The van der Waals surface area contributed by atoms with Gasteiger partial charge >= 0.3 is 0 Å². The van der Waals surface area contributed by atoms with E-state index in [0.717, 1.165) is 0 Å². The number of carbonyl (C=O) groups excluding carboxylic acids is 1. The number of carbonyl (C=O) groups is 1. The molecule has 1 amide bonds. The molecule has 0 bridgehead atoms. The first-order valence-electron chi connectivity index (χ1n) is 4.58. The zero-order chi connectivity index (χ0) is 10.8. The lowest BCUT2D eigenvalue weighted by molar-refractivity contribution is 0.0957. The van der Waals surface area contributed by atoms with E-state index in [0.29, 0.717) is 21.6 Å². The Morgan fingerprint density at radius 1 is 1.67 bits per heavy atom. The minimum atomic E-state index is -0.252. The number of amides is 1. The fourth-order valence-corrected chi connectivity index (χ4v) is 2.27. The molecule has 78 valence electrons. The highest BCUT2D eigenvalue weighted by atomic mass is 32.1. The summed E-state index contributed by atoms with van der Waals surface area (Å²) in [6.45, 7) is 2.38. The van der Waals surface area contributed by atoms with E-state index in [1.165, 1.54) is 11.3 Å². The minimum Gasteiger partial charge on any atom is -0.506 e. The number of aromatic nitrogens is 1. The zero-order valence-corrected chi connectivity index (χ0v) is 8.97. The second-order valence-electron chi connectivity index (χ2n) is 3.00. The van der Waals surface area contributed by atoms with E-state index in [1.807, 2.05) is 6.92 Å². The van der Waals surface area contributed by atoms with Gasteiger partial charge < -0.3 is 10.4 Å². The van der Waals surface area contributed by atoms with Crippen molar-refractivity contribution in [2.75, 3.05) is 6.54 Å². The molecule has 5 heteroatoms. The van der Waals surface area contributed by atoms with Crippen LogP contribution in [0.15, 0.2) is 18.3 Å². The van der Waals surface area contributed by atoms with E-state index in [4.69, 9.17) is 0 Å². The fraction of sp³-hybridized carbons (Fsp3) is 0.200. The molecule has 2 heterocycles. The summed E-state index contributed by atoms with van der Waals surface area (Å²) in [5.74, 6) is -0.230. The molecule has 4 nitrogen and oxygen atoms in total. The van der Waals surface area contributed by atoms with Crippen LogP contribution in [-0.4, -0.2) is 22.5 Å². The van der Waals surface area contributed by atoms with Crippen molar-refractivity contribution in [1.29, 1.82) is 0 Å². The third-order valence-electron chi connectivity index (χ3n) is 1.98. The summed E-state index contributed by atoms with van der Waals surface area (Å²) in [4.78, 5) is 16.6. The lowest BCUT2D eigenvalue weighted by Crippen LogP contribution is -2.21. The second kappa shape index (κ2) is 3.86. The normalized spacial score (nSPS) is 10.5. The van der Waals surface area contributed by atoms with Crippen molar-refractivity contribution >= 4 is 27.5 Å². The Balaban J connectivity index is 2.53. The Morgan fingerprint density at radius 2 is 2.47 bits per heavy atom. The number of hydrogen-bond donors (Lipinski definition) is 2. The Bertz CT molecular complexity index is 507. The van der Waals surface area contributed by atoms with Crippen LogP contribution in [0.1, 0.15) is 16.6 Å². The van der Waals surface area contributed by atoms with Crippen molar-refractivity contribution in [3.63, 3.8) is 0 Å². The van der Waals surface area contributed by atoms with Gasteiger partial charge in [0.25, 0.3) is 5.91 Å². The highest BCUT2D eigenvalue weighted by molar-refractivity contribution is 7.20. The first-order valence-corrected chi connectivity index (χ1v) is 5.40. The summed E-state index contributed by atoms with van der Waals surface area (Å²) in [6, 6.07) is 3.48. The number of hydrogen-bond acceptors (Lipinski definition) is 4. The minimum absolute atomic E-state index is 0.0223. The molecule has 0 saturated carbocycles. The van der Waals surface area contributed by atoms with Gasteiger partial charge in [0.05, 0.1) is 5.39 Å². The Morgan fingerprint density at radius 3 is 3.13 bits per heavy atom. The summed E-state index contributed by atoms with van der Waals surface area (Å²) in [7, 11) is 0. The number of fused-ring (bicyclic) bond motifs is 1. The van der Waals surface area contributed by atoms with Crippen molar-refractivity contribution < 1.29 is 9.90 Å². The van der Waals surface area contributed by atoms with Crippen LogP contribution in [0.3, 0.4) is 0 Å². The van der Waals surface area contributed by atoms with Crippen LogP contribution < -0.4 is 5.32 Å². The predicted molar refractivity (Wildman–Crippen MR) is 59.3 cm³/mol. The number of pyridine rings is 1. The number of thiophene rings is 1. The van der Waals surface area contributed by atoms with Gasteiger partial charge in [-0.3, -0.25) is 4.79 Å². The molecule has 0 unspecified atom stereocenters. The molecule has 2 N–H and O–H groups in total. The molecular weight excluding hydrogens is 212 g/mol. The van der Waals surface area contributed by atoms with Crippen molar-refractivity contribution in [2.45, 2.75) is 6.92 Å². The standard InChI is InChI=1S/C10H10N2O2S/c1-2-11-9(14)8-7(13)6-4-3-5-12-10(6)15-8/h3-5,13H,2H2,1H3,(H,11,14). The Kier molecular flexibility index (Phi) is 2.55. The molecule has 2 rings (SSSR count). The van der Waals surface area contributed by atoms with Crippen LogP contribution in [0.25, 0.3) is 10.2 Å². The number of aromatic hydroxyl groups is 1. The molecule has 0 saturated heterocycles. The van der Waals surface area contributed by atoms with Crippen LogP contribution in [0.2, 0.25) is 0 Å². The molecule has 0 radical (unpaired) electrons. The van der Waals surface area contributed by atoms with Gasteiger partial charge in [-0.1, -0.05) is 0 Å². The average molecular weight is 222 g/mol. The van der Waals surface area contributed by atoms with Crippen molar-refractivity contribution in [1.82, 2.24) is 10.3 Å². The highest BCUT2D eigenvalue weighted by Gasteiger charge is 2.17. The van der Waals surface area contributed by atoms with Gasteiger partial charge in [-0.25, -0.2) is 4.98 Å². The van der Waals surface area contributed by atoms with E-state index in [9.17, 15) is 9.90 Å². The maximum absolute atomic E-state index is 11.5. The van der Waals surface area contributed by atoms with Crippen LogP contribution in [-0.2, 0) is 0 Å². The van der Waals surface area contributed by atoms with Gasteiger partial charge in [-0.15, -0.1) is 11.3 Å². The number of nitrogens with zero attached hydrogens (tertiary/aromatic N) is 1. The van der Waals surface area contributed by atoms with Gasteiger partial charge in [-0.2, -0.15) is 0 Å². The summed E-state index contributed by atoms with van der Waals surface area (Å²) in [5.41, 5.74) is 0. The molecule has 2 aromatic heterocycles. The molecule has 0 aromatic carbocycles. The smallest absolute Gasteiger partial charge is 0.265 e. The SMILES string of the molecule is CCNC(=O)c1sc2ncccc2c1O. The van der Waals surface area contributed by atoms with E-state index < -0.39 is 0 Å². The predicted octanol–water partition coefficient (Wildman–Crippen LogP) is 1.75. The quantitative estimate of drug-likeness (QED) is 0.813. The Labute approximate surface area is 90.6 Å². The van der Waals surface area contributed by atoms with Crippen LogP contribution >= 0.6 is 11.3 Å². The van der Waals surface area contributed by atoms with E-state index in [-0.39, 0.29) is 11.7 Å². The topological polar surface area (TPSA) is 62.2 Å². The van der Waals surface area contributed by atoms with Crippen LogP contribution in [0.5, 0.6) is 5.75 Å². The Hall–Kier alpha value is -1.62. The first kappa shape index (κ1) is 9.92. The fourth-order valence-electron chi connectivity index (χ4n) is 1.31. The number of nitrogens with one attached hydrogen (secondary N) is 1. The molecular formula is C10H10N2O2S. The molecule has 0 spiro atoms. The zero-order valence-electron chi connectivity index (χ0n) is 8.15. The van der Waals surface area contributed by atoms with E-state index in [1.54, 1.807) is 18.3 Å². The summed E-state index contributed by atoms with van der Waals surface area (Å²) in [5, 5.41) is 13.1. The van der Waals surface area contributed by atoms with Gasteiger partial charge in [0, 0.05) is 12.7 Å². The molecule has 0 aliphatic rings. The monoisotopic (exact) mass is 222 g/mol. The summed E-state index contributed by atoms with van der Waals surface area (Å²) < 4.78 is 0. The van der Waals surface area contributed by atoms with Crippen molar-refractivity contribution in [3.05, 3.63) is 23.2 Å². The van der Waals surface area contributed by atoms with E-state index >= 15 is 0 Å². The van der Waals surface area contributed by atoms with Gasteiger partial charge in [-0.05, 0) is 19.1 Å². The van der Waals surface area contributed by atoms with Gasteiger partial charge in [0.1, 0.15) is 15.5 Å². The van der Waals surface area contributed by atoms with Gasteiger partial charge in [0.2, 0.25) is 0 Å². The van der Waals surface area contributed by atoms with Gasteiger partial charge in [0.15, 0.2) is 0 Å². The summed E-state index contributed by atoms with van der Waals surface area (Å²) in [6.07, 6.45) is 1.64. The third-order valence-corrected chi connectivity index (χ3v) is 3.09. The lowest BCUT2D eigenvalue weighted by Gasteiger charge is -1.98. The van der Waals surface area contributed by atoms with E-state index in [2.05, 4.69) is 10.3 Å². The molecule has 0 aliphatic heterocycles. The van der Waals surface area contributed by atoms with Crippen molar-refractivity contribution in [3.8, 4) is 5.75 Å². The maximum Gasteiger partial charge on any atom is 0.265 e. The van der Waals surface area contributed by atoms with Crippen molar-refractivity contribution in [2.24, 2.45) is 0 Å². The molecule has 0 aliphatic carbocycles. The lowest BCUT2D eigenvalue weighted by atomic mass is 10.3. The summed E-state index contributed by atoms with van der Waals surface area (Å²) >= 11 is 1.20. The highest BCUT2D eigenvalue weighted by Crippen LogP contribution is 2.34. The third kappa shape index (κ3) is 1.66.